The van der Waals surface area contributed by atoms with Crippen LogP contribution in [0.4, 0.5) is 0 Å². The van der Waals surface area contributed by atoms with Crippen LogP contribution >= 0.6 is 0 Å². The fraction of sp³-hybridized carbons (Fsp3) is 0.500. The standard InChI is InChI=1S/C16H21N3O2/c1-20-12-7-14-18-15(21-19-14)16(8-10-17-11-9-16)13-5-3-2-4-6-13/h2-6,17H,7-12H2,1H3. The van der Waals surface area contributed by atoms with Crippen LogP contribution in [0, 0.1) is 0 Å². The molecule has 21 heavy (non-hydrogen) atoms. The third-order valence-electron chi connectivity index (χ3n) is 4.19. The van der Waals surface area contributed by atoms with Crippen LogP contribution in [0.2, 0.25) is 0 Å². The molecular weight excluding hydrogens is 266 g/mol. The third kappa shape index (κ3) is 2.84. The SMILES string of the molecule is COCCc1noc(C2(c3ccccc3)CCNCC2)n1. The van der Waals surface area contributed by atoms with Gasteiger partial charge in [-0.2, -0.15) is 4.98 Å². The van der Waals surface area contributed by atoms with E-state index in [2.05, 4.69) is 39.7 Å². The maximum absolute atomic E-state index is 5.61. The molecule has 0 spiro atoms. The Labute approximate surface area is 124 Å². The highest BCUT2D eigenvalue weighted by molar-refractivity contribution is 5.32. The van der Waals surface area contributed by atoms with Gasteiger partial charge in [0.05, 0.1) is 12.0 Å². The summed E-state index contributed by atoms with van der Waals surface area (Å²) in [6, 6.07) is 10.5. The van der Waals surface area contributed by atoms with Crippen LogP contribution in [0.3, 0.4) is 0 Å². The first-order chi connectivity index (χ1) is 10.3. The number of hydrogen-bond donors (Lipinski definition) is 1. The quantitative estimate of drug-likeness (QED) is 0.910. The van der Waals surface area contributed by atoms with Gasteiger partial charge in [-0.3, -0.25) is 0 Å². The summed E-state index contributed by atoms with van der Waals surface area (Å²) in [6.07, 6.45) is 2.63. The van der Waals surface area contributed by atoms with Gasteiger partial charge in [0, 0.05) is 13.5 Å². The summed E-state index contributed by atoms with van der Waals surface area (Å²) >= 11 is 0. The smallest absolute Gasteiger partial charge is 0.237 e. The molecule has 1 aromatic carbocycles. The van der Waals surface area contributed by atoms with Gasteiger partial charge in [-0.05, 0) is 31.5 Å². The normalized spacial score (nSPS) is 17.8. The maximum Gasteiger partial charge on any atom is 0.237 e. The summed E-state index contributed by atoms with van der Waals surface area (Å²) in [5.41, 5.74) is 1.10. The monoisotopic (exact) mass is 287 g/mol. The fourth-order valence-electron chi connectivity index (χ4n) is 2.98. The van der Waals surface area contributed by atoms with E-state index in [9.17, 15) is 0 Å². The van der Waals surface area contributed by atoms with Gasteiger partial charge in [-0.25, -0.2) is 0 Å². The zero-order valence-electron chi connectivity index (χ0n) is 12.3. The predicted octanol–water partition coefficient (Wildman–Crippen LogP) is 1.93. The number of nitrogens with one attached hydrogen (secondary N) is 1. The number of aromatic nitrogens is 2. The van der Waals surface area contributed by atoms with Crippen molar-refractivity contribution in [1.29, 1.82) is 0 Å². The molecule has 3 rings (SSSR count). The lowest BCUT2D eigenvalue weighted by Gasteiger charge is -2.34. The highest BCUT2D eigenvalue weighted by Gasteiger charge is 2.40. The van der Waals surface area contributed by atoms with Crippen molar-refractivity contribution in [2.75, 3.05) is 26.8 Å². The number of hydrogen-bond acceptors (Lipinski definition) is 5. The zero-order valence-corrected chi connectivity index (χ0v) is 12.3. The topological polar surface area (TPSA) is 60.2 Å². The van der Waals surface area contributed by atoms with Gasteiger partial charge in [0.1, 0.15) is 0 Å². The molecule has 1 N–H and O–H groups in total. The Hall–Kier alpha value is -1.72. The predicted molar refractivity (Wildman–Crippen MR) is 79.2 cm³/mol. The van der Waals surface area contributed by atoms with E-state index in [4.69, 9.17) is 9.26 Å². The molecule has 0 aliphatic carbocycles. The van der Waals surface area contributed by atoms with Gasteiger partial charge in [-0.15, -0.1) is 0 Å². The van der Waals surface area contributed by atoms with Gasteiger partial charge in [0.2, 0.25) is 5.89 Å². The molecule has 0 atom stereocenters. The number of methoxy groups -OCH3 is 1. The molecular formula is C16H21N3O2. The molecule has 2 aromatic rings. The largest absolute Gasteiger partial charge is 0.384 e. The van der Waals surface area contributed by atoms with Crippen LogP contribution in [-0.2, 0) is 16.6 Å². The third-order valence-corrected chi connectivity index (χ3v) is 4.19. The van der Waals surface area contributed by atoms with Crippen molar-refractivity contribution in [3.8, 4) is 0 Å². The lowest BCUT2D eigenvalue weighted by Crippen LogP contribution is -2.41. The minimum Gasteiger partial charge on any atom is -0.384 e. The molecule has 5 heteroatoms. The van der Waals surface area contributed by atoms with Crippen molar-refractivity contribution in [2.45, 2.75) is 24.7 Å². The molecule has 1 fully saturated rings. The maximum atomic E-state index is 5.61. The summed E-state index contributed by atoms with van der Waals surface area (Å²) in [5, 5.41) is 7.52. The van der Waals surface area contributed by atoms with Gasteiger partial charge in [-0.1, -0.05) is 35.5 Å². The molecule has 1 aliphatic heterocycles. The van der Waals surface area contributed by atoms with E-state index >= 15 is 0 Å². The molecule has 0 saturated carbocycles. The van der Waals surface area contributed by atoms with Crippen molar-refractivity contribution in [1.82, 2.24) is 15.5 Å². The van der Waals surface area contributed by atoms with Crippen LogP contribution < -0.4 is 5.32 Å². The van der Waals surface area contributed by atoms with Crippen LogP contribution in [0.1, 0.15) is 30.1 Å². The Morgan fingerprint density at radius 2 is 2.00 bits per heavy atom. The molecule has 2 heterocycles. The second-order valence-electron chi connectivity index (χ2n) is 5.46. The van der Waals surface area contributed by atoms with E-state index in [-0.39, 0.29) is 5.41 Å². The second-order valence-corrected chi connectivity index (χ2v) is 5.46. The van der Waals surface area contributed by atoms with Crippen molar-refractivity contribution in [3.63, 3.8) is 0 Å². The lowest BCUT2D eigenvalue weighted by atomic mass is 9.73. The number of ether oxygens (including phenoxy) is 1. The molecule has 1 aliphatic rings. The van der Waals surface area contributed by atoms with Crippen LogP contribution in [0.25, 0.3) is 0 Å². The van der Waals surface area contributed by atoms with Crippen molar-refractivity contribution < 1.29 is 9.26 Å². The summed E-state index contributed by atoms with van der Waals surface area (Å²) < 4.78 is 10.7. The molecule has 5 nitrogen and oxygen atoms in total. The Kier molecular flexibility index (Phi) is 4.31. The van der Waals surface area contributed by atoms with Crippen molar-refractivity contribution in [2.24, 2.45) is 0 Å². The summed E-state index contributed by atoms with van der Waals surface area (Å²) in [5.74, 6) is 1.46. The van der Waals surface area contributed by atoms with Crippen molar-refractivity contribution >= 4 is 0 Å². The van der Waals surface area contributed by atoms with Gasteiger partial charge in [0.15, 0.2) is 5.82 Å². The van der Waals surface area contributed by atoms with Gasteiger partial charge >= 0.3 is 0 Å². The van der Waals surface area contributed by atoms with Gasteiger partial charge < -0.3 is 14.6 Å². The van der Waals surface area contributed by atoms with Crippen LogP contribution in [0.15, 0.2) is 34.9 Å². The Balaban J connectivity index is 1.94. The highest BCUT2D eigenvalue weighted by Crippen LogP contribution is 2.39. The van der Waals surface area contributed by atoms with Crippen molar-refractivity contribution in [3.05, 3.63) is 47.6 Å². The molecule has 1 aromatic heterocycles. The molecule has 0 radical (unpaired) electrons. The number of piperidine rings is 1. The lowest BCUT2D eigenvalue weighted by molar-refractivity contribution is 0.199. The first-order valence-electron chi connectivity index (χ1n) is 7.43. The van der Waals surface area contributed by atoms with E-state index in [1.165, 1.54) is 5.56 Å². The highest BCUT2D eigenvalue weighted by atomic mass is 16.5. The van der Waals surface area contributed by atoms with E-state index in [0.29, 0.717) is 13.0 Å². The number of rotatable bonds is 5. The first-order valence-corrected chi connectivity index (χ1v) is 7.43. The average molecular weight is 287 g/mol. The van der Waals surface area contributed by atoms with Crippen LogP contribution in [-0.4, -0.2) is 36.9 Å². The minimum absolute atomic E-state index is 0.162. The van der Waals surface area contributed by atoms with E-state index < -0.39 is 0 Å². The molecule has 1 saturated heterocycles. The Bertz CT molecular complexity index is 562. The van der Waals surface area contributed by atoms with Gasteiger partial charge in [0.25, 0.3) is 0 Å². The second kappa shape index (κ2) is 6.37. The molecule has 0 bridgehead atoms. The minimum atomic E-state index is -0.162. The Morgan fingerprint density at radius 1 is 1.24 bits per heavy atom. The average Bonchev–Trinajstić information content (AvgIpc) is 3.04. The molecule has 112 valence electrons. The van der Waals surface area contributed by atoms with E-state index in [1.807, 2.05) is 6.07 Å². The Morgan fingerprint density at radius 3 is 2.71 bits per heavy atom. The number of nitrogens with zero attached hydrogens (tertiary/aromatic N) is 2. The zero-order chi connectivity index (χ0) is 14.5. The molecule has 0 amide bonds. The fourth-order valence-corrected chi connectivity index (χ4v) is 2.98. The number of benzene rings is 1. The van der Waals surface area contributed by atoms with Crippen LogP contribution in [0.5, 0.6) is 0 Å². The summed E-state index contributed by atoms with van der Waals surface area (Å²) in [4.78, 5) is 4.63. The first kappa shape index (κ1) is 14.2. The molecule has 0 unspecified atom stereocenters. The van der Waals surface area contributed by atoms with E-state index in [0.717, 1.165) is 37.6 Å². The van der Waals surface area contributed by atoms with E-state index in [1.54, 1.807) is 7.11 Å². The summed E-state index contributed by atoms with van der Waals surface area (Å²) in [7, 11) is 1.68. The summed E-state index contributed by atoms with van der Waals surface area (Å²) in [6.45, 7) is 2.54.